The van der Waals surface area contributed by atoms with E-state index >= 15 is 0 Å². The minimum absolute atomic E-state index is 0.0809. The van der Waals surface area contributed by atoms with E-state index in [-0.39, 0.29) is 17.1 Å². The van der Waals surface area contributed by atoms with Gasteiger partial charge in [-0.1, -0.05) is 38.2 Å². The first-order chi connectivity index (χ1) is 14.4. The van der Waals surface area contributed by atoms with Crippen LogP contribution in [-0.4, -0.2) is 34.1 Å². The molecule has 30 heavy (non-hydrogen) atoms. The fourth-order valence-corrected chi connectivity index (χ4v) is 6.10. The van der Waals surface area contributed by atoms with Crippen LogP contribution in [0, 0.1) is 5.41 Å². The molecule has 0 spiro atoms. The maximum atomic E-state index is 13.3. The third kappa shape index (κ3) is 7.49. The lowest BCUT2D eigenvalue weighted by molar-refractivity contribution is -0.137. The zero-order valence-corrected chi connectivity index (χ0v) is 20.5. The largest absolute Gasteiger partial charge is 0.463 e. The van der Waals surface area contributed by atoms with Crippen LogP contribution < -0.4 is 5.73 Å². The van der Waals surface area contributed by atoms with Crippen LogP contribution in [-0.2, 0) is 20.3 Å². The van der Waals surface area contributed by atoms with Crippen molar-refractivity contribution in [2.45, 2.75) is 39.4 Å². The van der Waals surface area contributed by atoms with Crippen LogP contribution in [0.25, 0.3) is 0 Å². The average Bonchev–Trinajstić information content (AvgIpc) is 3.00. The molecule has 0 radical (unpaired) electrons. The molecular weight excluding hydrogens is 436 g/mol. The Morgan fingerprint density at radius 2 is 2.13 bits per heavy atom. The highest BCUT2D eigenvalue weighted by Gasteiger charge is 2.23. The lowest BCUT2D eigenvalue weighted by Crippen LogP contribution is -2.24. The van der Waals surface area contributed by atoms with Gasteiger partial charge in [-0.15, -0.1) is 23.5 Å². The lowest BCUT2D eigenvalue weighted by Gasteiger charge is -2.20. The summed E-state index contributed by atoms with van der Waals surface area (Å²) in [6.45, 7) is 7.92. The van der Waals surface area contributed by atoms with Crippen LogP contribution >= 0.6 is 23.5 Å². The highest BCUT2D eigenvalue weighted by atomic mass is 32.2. The Kier molecular flexibility index (Phi) is 11.8. The van der Waals surface area contributed by atoms with Crippen LogP contribution in [0.15, 0.2) is 67.7 Å². The summed E-state index contributed by atoms with van der Waals surface area (Å²) in [5.74, 6) is -0.308. The zero-order chi connectivity index (χ0) is 22.7. The van der Waals surface area contributed by atoms with Crippen molar-refractivity contribution in [3.63, 3.8) is 0 Å². The number of rotatable bonds is 7. The number of thioether (sulfide) groups is 2. The summed E-state index contributed by atoms with van der Waals surface area (Å²) in [5, 5.41) is 7.41. The van der Waals surface area contributed by atoms with Crippen molar-refractivity contribution in [1.82, 2.24) is 0 Å². The third-order valence-corrected chi connectivity index (χ3v) is 8.08. The summed E-state index contributed by atoms with van der Waals surface area (Å²) in [5.41, 5.74) is 7.19. The van der Waals surface area contributed by atoms with Crippen LogP contribution in [0.4, 0.5) is 0 Å². The Balaban J connectivity index is 0.00000218. The summed E-state index contributed by atoms with van der Waals surface area (Å²) in [6.07, 6.45) is 15.3. The van der Waals surface area contributed by atoms with Crippen LogP contribution in [0.1, 0.15) is 34.1 Å². The third-order valence-electron chi connectivity index (χ3n) is 3.89. The van der Waals surface area contributed by atoms with E-state index < -0.39 is 10.8 Å². The molecular formula is C22H30N2O3S3. The molecule has 3 N–H and O–H groups in total. The van der Waals surface area contributed by atoms with Gasteiger partial charge in [0.1, 0.15) is 5.84 Å². The molecule has 2 unspecified atom stereocenters. The Hall–Kier alpha value is -1.77. The highest BCUT2D eigenvalue weighted by Crippen LogP contribution is 2.40. The number of allylic oxidation sites excluding steroid dienone is 7. The number of carbonyl (C=O) groups excluding carboxylic acids is 1. The van der Waals surface area contributed by atoms with E-state index in [1.807, 2.05) is 57.4 Å². The van der Waals surface area contributed by atoms with Gasteiger partial charge in [0.25, 0.3) is 0 Å². The summed E-state index contributed by atoms with van der Waals surface area (Å²) < 4.78 is 19.2. The van der Waals surface area contributed by atoms with Crippen LogP contribution in [0.5, 0.6) is 0 Å². The second kappa shape index (κ2) is 13.5. The molecule has 5 nitrogen and oxygen atoms in total. The molecule has 164 valence electrons. The summed E-state index contributed by atoms with van der Waals surface area (Å²) in [6, 6.07) is 0. The molecule has 0 bridgehead atoms. The minimum atomic E-state index is -1.37. The number of nitrogens with one attached hydrogen (secondary N) is 1. The molecule has 2 atom stereocenters. The van der Waals surface area contributed by atoms with E-state index in [0.29, 0.717) is 22.8 Å². The van der Waals surface area contributed by atoms with Gasteiger partial charge in [-0.2, -0.15) is 0 Å². The fourth-order valence-electron chi connectivity index (χ4n) is 2.49. The Morgan fingerprint density at radius 1 is 1.43 bits per heavy atom. The molecule has 0 aromatic carbocycles. The molecule has 0 saturated carbocycles. The quantitative estimate of drug-likeness (QED) is 0.232. The van der Waals surface area contributed by atoms with Gasteiger partial charge in [-0.25, -0.2) is 9.00 Å². The van der Waals surface area contributed by atoms with Crippen molar-refractivity contribution < 1.29 is 13.7 Å². The predicted octanol–water partition coefficient (Wildman–Crippen LogP) is 5.18. The summed E-state index contributed by atoms with van der Waals surface area (Å²) in [4.78, 5) is 13.1. The SMILES string of the molecule is CC.CCOC(=O)/C=C(/C)C1=CC(S(=O)C2=C(SC)SC(C(=N)N)C=C2)=CCC=C1. The molecule has 0 fully saturated rings. The average molecular weight is 467 g/mol. The molecule has 0 amide bonds. The predicted molar refractivity (Wildman–Crippen MR) is 133 cm³/mol. The van der Waals surface area contributed by atoms with E-state index in [0.717, 1.165) is 15.4 Å². The second-order valence-electron chi connectivity index (χ2n) is 5.90. The highest BCUT2D eigenvalue weighted by molar-refractivity contribution is 8.23. The van der Waals surface area contributed by atoms with Crippen LogP contribution in [0.2, 0.25) is 0 Å². The topological polar surface area (TPSA) is 93.2 Å². The first kappa shape index (κ1) is 26.3. The van der Waals surface area contributed by atoms with Gasteiger partial charge in [0, 0.05) is 11.0 Å². The van der Waals surface area contributed by atoms with Gasteiger partial charge in [0.05, 0.1) is 31.8 Å². The van der Waals surface area contributed by atoms with E-state index in [4.69, 9.17) is 15.9 Å². The number of amidine groups is 1. The van der Waals surface area contributed by atoms with Crippen LogP contribution in [0.3, 0.4) is 0 Å². The van der Waals surface area contributed by atoms with Crippen molar-refractivity contribution in [2.24, 2.45) is 5.73 Å². The number of esters is 1. The van der Waals surface area contributed by atoms with Gasteiger partial charge in [0.2, 0.25) is 0 Å². The summed E-state index contributed by atoms with van der Waals surface area (Å²) in [7, 11) is -1.37. The first-order valence-electron chi connectivity index (χ1n) is 9.70. The Bertz CT molecular complexity index is 865. The van der Waals surface area contributed by atoms with Gasteiger partial charge in [-0.3, -0.25) is 5.41 Å². The van der Waals surface area contributed by atoms with Crippen molar-refractivity contribution >= 4 is 46.1 Å². The number of hydrogen-bond donors (Lipinski definition) is 2. The monoisotopic (exact) mass is 466 g/mol. The Morgan fingerprint density at radius 3 is 2.73 bits per heavy atom. The van der Waals surface area contributed by atoms with Crippen molar-refractivity contribution in [3.05, 3.63) is 67.7 Å². The van der Waals surface area contributed by atoms with Crippen molar-refractivity contribution in [2.75, 3.05) is 12.9 Å². The van der Waals surface area contributed by atoms with Gasteiger partial charge in [0.15, 0.2) is 0 Å². The molecule has 2 rings (SSSR count). The molecule has 2 aliphatic rings. The number of nitrogens with two attached hydrogens (primary N) is 1. The summed E-state index contributed by atoms with van der Waals surface area (Å²) >= 11 is 2.95. The second-order valence-corrected chi connectivity index (χ2v) is 9.58. The molecule has 0 aromatic heterocycles. The van der Waals surface area contributed by atoms with E-state index in [2.05, 4.69) is 0 Å². The smallest absolute Gasteiger partial charge is 0.331 e. The Labute approximate surface area is 190 Å². The van der Waals surface area contributed by atoms with E-state index in [9.17, 15) is 9.00 Å². The van der Waals surface area contributed by atoms with Crippen molar-refractivity contribution in [3.8, 4) is 0 Å². The maximum absolute atomic E-state index is 13.3. The van der Waals surface area contributed by atoms with Gasteiger partial charge < -0.3 is 10.5 Å². The van der Waals surface area contributed by atoms with Gasteiger partial charge >= 0.3 is 5.97 Å². The standard InChI is InChI=1S/C20H24N2O3S3.C2H6/c1-4-25-18(23)11-13(2)14-7-5-6-8-15(12-14)28(24)17-10-9-16(19(21)22)27-20(17)26-3;1-2/h5,7-12,16H,4,6H2,1-3H3,(H3,21,22);1-2H3/b13-11-;. The first-order valence-corrected chi connectivity index (χ1v) is 12.9. The number of carbonyl (C=O) groups is 1. The molecule has 1 aliphatic heterocycles. The molecule has 0 aromatic rings. The molecule has 8 heteroatoms. The normalized spacial score (nSPS) is 19.8. The molecule has 1 aliphatic carbocycles. The number of hydrogen-bond acceptors (Lipinski definition) is 6. The number of ether oxygens (including phenoxy) is 1. The van der Waals surface area contributed by atoms with Crippen molar-refractivity contribution in [1.29, 1.82) is 5.41 Å². The fraction of sp³-hybridized carbons (Fsp3) is 0.364. The lowest BCUT2D eigenvalue weighted by atomic mass is 10.1. The molecule has 1 heterocycles. The van der Waals surface area contributed by atoms with E-state index in [1.165, 1.54) is 29.6 Å². The van der Waals surface area contributed by atoms with E-state index in [1.54, 1.807) is 13.0 Å². The zero-order valence-electron chi connectivity index (χ0n) is 18.1. The minimum Gasteiger partial charge on any atom is -0.463 e. The molecule has 0 saturated heterocycles. The van der Waals surface area contributed by atoms with Gasteiger partial charge in [-0.05, 0) is 49.8 Å². The maximum Gasteiger partial charge on any atom is 0.331 e.